The molecular weight excluding hydrogens is 741 g/mol. The second-order valence-electron chi connectivity index (χ2n) is 15.6. The molecule has 0 N–H and O–H groups in total. The van der Waals surface area contributed by atoms with Crippen LogP contribution in [0.2, 0.25) is 0 Å². The maximum Gasteiger partial charge on any atom is 0.306 e. The molecule has 0 radical (unpaired) electrons. The summed E-state index contributed by atoms with van der Waals surface area (Å²) in [7, 11) is 0. The number of carbonyl (C=O) groups is 2. The highest BCUT2D eigenvalue weighted by Gasteiger charge is 2.17. The Bertz CT molecular complexity index is 1210. The van der Waals surface area contributed by atoms with E-state index in [1.165, 1.54) is 57.8 Å². The highest BCUT2D eigenvalue weighted by atomic mass is 16.6. The van der Waals surface area contributed by atoms with Crippen molar-refractivity contribution in [2.75, 3.05) is 19.8 Å². The Kier molecular flexibility index (Phi) is 47.1. The van der Waals surface area contributed by atoms with Crippen LogP contribution in [-0.2, 0) is 23.8 Å². The molecule has 60 heavy (non-hydrogen) atoms. The second-order valence-corrected chi connectivity index (χ2v) is 15.6. The Morgan fingerprint density at radius 2 is 0.750 bits per heavy atom. The molecule has 1 unspecified atom stereocenters. The van der Waals surface area contributed by atoms with Gasteiger partial charge in [0.1, 0.15) is 6.61 Å². The summed E-state index contributed by atoms with van der Waals surface area (Å²) >= 11 is 0. The molecule has 0 aliphatic heterocycles. The van der Waals surface area contributed by atoms with Gasteiger partial charge in [-0.3, -0.25) is 9.59 Å². The van der Waals surface area contributed by atoms with Gasteiger partial charge in [-0.2, -0.15) is 0 Å². The van der Waals surface area contributed by atoms with Crippen LogP contribution in [0.25, 0.3) is 0 Å². The normalized spacial score (nSPS) is 13.2. The fourth-order valence-corrected chi connectivity index (χ4v) is 6.20. The molecular formula is C55H90O5. The molecule has 0 saturated heterocycles. The van der Waals surface area contributed by atoms with E-state index in [1.54, 1.807) is 0 Å². The van der Waals surface area contributed by atoms with Gasteiger partial charge in [-0.05, 0) is 116 Å². The number of hydrogen-bond acceptors (Lipinski definition) is 5. The summed E-state index contributed by atoms with van der Waals surface area (Å²) in [5.41, 5.74) is 0. The minimum absolute atomic E-state index is 0.0324. The Morgan fingerprint density at radius 1 is 0.383 bits per heavy atom. The molecule has 0 aliphatic carbocycles. The van der Waals surface area contributed by atoms with Gasteiger partial charge >= 0.3 is 11.9 Å². The van der Waals surface area contributed by atoms with E-state index >= 15 is 0 Å². The summed E-state index contributed by atoms with van der Waals surface area (Å²) < 4.78 is 17.3. The first-order valence-electron chi connectivity index (χ1n) is 24.4. The summed E-state index contributed by atoms with van der Waals surface area (Å²) in [5.74, 6) is -0.493. The van der Waals surface area contributed by atoms with E-state index in [9.17, 15) is 9.59 Å². The Hall–Kier alpha value is -3.44. The maximum absolute atomic E-state index is 12.8. The third-order valence-electron chi connectivity index (χ3n) is 9.77. The average Bonchev–Trinajstić information content (AvgIpc) is 3.25. The fraction of sp³-hybridized carbons (Fsp3) is 0.636. The van der Waals surface area contributed by atoms with Gasteiger partial charge < -0.3 is 14.2 Å². The molecule has 5 heteroatoms. The minimum atomic E-state index is -0.591. The highest BCUT2D eigenvalue weighted by Crippen LogP contribution is 2.12. The largest absolute Gasteiger partial charge is 0.462 e. The predicted molar refractivity (Wildman–Crippen MR) is 260 cm³/mol. The van der Waals surface area contributed by atoms with Crippen molar-refractivity contribution in [1.82, 2.24) is 0 Å². The maximum atomic E-state index is 12.8. The van der Waals surface area contributed by atoms with Crippen molar-refractivity contribution in [1.29, 1.82) is 0 Å². The number of allylic oxidation sites excluding steroid dienone is 18. The molecule has 340 valence electrons. The molecule has 0 aromatic carbocycles. The zero-order valence-corrected chi connectivity index (χ0v) is 38.9. The number of rotatable bonds is 43. The molecule has 0 aromatic rings. The van der Waals surface area contributed by atoms with Crippen molar-refractivity contribution >= 4 is 11.9 Å². The van der Waals surface area contributed by atoms with E-state index in [4.69, 9.17) is 14.2 Å². The van der Waals surface area contributed by atoms with Gasteiger partial charge in [0.2, 0.25) is 0 Å². The molecule has 0 aromatic heterocycles. The highest BCUT2D eigenvalue weighted by molar-refractivity contribution is 5.70. The molecule has 0 bridgehead atoms. The van der Waals surface area contributed by atoms with Gasteiger partial charge in [0.25, 0.3) is 0 Å². The third-order valence-corrected chi connectivity index (χ3v) is 9.77. The van der Waals surface area contributed by atoms with Gasteiger partial charge in [-0.15, -0.1) is 0 Å². The smallest absolute Gasteiger partial charge is 0.306 e. The van der Waals surface area contributed by atoms with Crippen LogP contribution in [0.15, 0.2) is 109 Å². The molecule has 0 heterocycles. The zero-order chi connectivity index (χ0) is 43.5. The Labute approximate surface area is 370 Å². The van der Waals surface area contributed by atoms with Crippen LogP contribution in [0.1, 0.15) is 201 Å². The van der Waals surface area contributed by atoms with E-state index < -0.39 is 6.10 Å². The third kappa shape index (κ3) is 47.2. The predicted octanol–water partition coefficient (Wildman–Crippen LogP) is 16.4. The first-order chi connectivity index (χ1) is 29.6. The lowest BCUT2D eigenvalue weighted by Crippen LogP contribution is -2.30. The van der Waals surface area contributed by atoms with Crippen molar-refractivity contribution in [3.05, 3.63) is 109 Å². The molecule has 0 amide bonds. The van der Waals surface area contributed by atoms with Crippen LogP contribution in [0, 0.1) is 0 Å². The Morgan fingerprint density at radius 3 is 1.25 bits per heavy atom. The summed E-state index contributed by atoms with van der Waals surface area (Å²) in [4.78, 5) is 25.3. The second kappa shape index (κ2) is 49.9. The number of carbonyl (C=O) groups excluding carboxylic acids is 2. The van der Waals surface area contributed by atoms with E-state index in [0.717, 1.165) is 109 Å². The summed E-state index contributed by atoms with van der Waals surface area (Å²) in [6.45, 7) is 7.39. The molecule has 0 rings (SSSR count). The lowest BCUT2D eigenvalue weighted by atomic mass is 10.1. The first-order valence-corrected chi connectivity index (χ1v) is 24.4. The topological polar surface area (TPSA) is 61.8 Å². The van der Waals surface area contributed by atoms with E-state index in [0.29, 0.717) is 19.4 Å². The van der Waals surface area contributed by atoms with Crippen LogP contribution in [0.4, 0.5) is 0 Å². The van der Waals surface area contributed by atoms with E-state index in [2.05, 4.69) is 130 Å². The quantitative estimate of drug-likeness (QED) is 0.0348. The van der Waals surface area contributed by atoms with Crippen LogP contribution >= 0.6 is 0 Å². The lowest BCUT2D eigenvalue weighted by Gasteiger charge is -2.18. The Balaban J connectivity index is 4.45. The molecule has 1 atom stereocenters. The van der Waals surface area contributed by atoms with Crippen molar-refractivity contribution in [2.45, 2.75) is 207 Å². The summed E-state index contributed by atoms with van der Waals surface area (Å²) in [6, 6.07) is 0. The number of unbranched alkanes of at least 4 members (excludes halogenated alkanes) is 14. The zero-order valence-electron chi connectivity index (χ0n) is 38.9. The van der Waals surface area contributed by atoms with Gasteiger partial charge in [-0.25, -0.2) is 0 Å². The summed E-state index contributed by atoms with van der Waals surface area (Å²) in [6.07, 6.45) is 68.2. The van der Waals surface area contributed by atoms with Crippen molar-refractivity contribution in [3.63, 3.8) is 0 Å². The van der Waals surface area contributed by atoms with Crippen LogP contribution in [0.3, 0.4) is 0 Å². The van der Waals surface area contributed by atoms with E-state index in [1.807, 2.05) is 0 Å². The minimum Gasteiger partial charge on any atom is -0.462 e. The molecule has 5 nitrogen and oxygen atoms in total. The summed E-state index contributed by atoms with van der Waals surface area (Å²) in [5, 5.41) is 0. The SMILES string of the molecule is CC/C=C\C/C=C\C/C=C\C/C=C\CCCCC(=O)OCC(COCCC/C=C\C/C=C\C/C=C\C/C=C\CC)OC(=O)CCCCCCC/C=C\CCCCCCCC. The fourth-order valence-electron chi connectivity index (χ4n) is 6.20. The number of ether oxygens (including phenoxy) is 3. The molecule has 0 aliphatic rings. The van der Waals surface area contributed by atoms with Gasteiger partial charge in [0, 0.05) is 19.4 Å². The van der Waals surface area contributed by atoms with Crippen molar-refractivity contribution in [3.8, 4) is 0 Å². The van der Waals surface area contributed by atoms with E-state index in [-0.39, 0.29) is 25.2 Å². The number of hydrogen-bond donors (Lipinski definition) is 0. The molecule has 0 spiro atoms. The van der Waals surface area contributed by atoms with Crippen molar-refractivity contribution in [2.24, 2.45) is 0 Å². The average molecular weight is 831 g/mol. The number of esters is 2. The van der Waals surface area contributed by atoms with Gasteiger partial charge in [0.05, 0.1) is 6.61 Å². The van der Waals surface area contributed by atoms with Gasteiger partial charge in [0.15, 0.2) is 6.10 Å². The molecule has 0 fully saturated rings. The van der Waals surface area contributed by atoms with Crippen LogP contribution in [-0.4, -0.2) is 37.9 Å². The monoisotopic (exact) mass is 831 g/mol. The van der Waals surface area contributed by atoms with Crippen molar-refractivity contribution < 1.29 is 23.8 Å². The van der Waals surface area contributed by atoms with Crippen LogP contribution in [0.5, 0.6) is 0 Å². The van der Waals surface area contributed by atoms with Gasteiger partial charge in [-0.1, -0.05) is 182 Å². The standard InChI is InChI=1S/C55H90O5/c1-4-7-10-13-16-19-22-25-28-30-33-36-39-42-45-48-54(56)59-52-53(51-58-50-47-44-41-38-35-32-27-24-21-18-15-12-9-6-3)60-55(57)49-46-43-40-37-34-31-29-26-23-20-17-14-11-8-5-2/h7,9-10,12,16,18-19,21,25-29,32-33,36,38,41,53H,4-6,8,11,13-15,17,20,22-24,30-31,34-35,37,39-40,42-52H2,1-3H3/b10-7-,12-9-,19-16-,21-18-,28-25-,29-26-,32-27-,36-33-,41-38-. The van der Waals surface area contributed by atoms with Crippen LogP contribution < -0.4 is 0 Å². The first kappa shape index (κ1) is 56.6. The molecule has 0 saturated carbocycles. The lowest BCUT2D eigenvalue weighted by molar-refractivity contribution is -0.163.